The maximum absolute atomic E-state index is 11.2. The number of halogens is 2. The zero-order chi connectivity index (χ0) is 12.3. The molecule has 0 aromatic heterocycles. The molecule has 0 saturated carbocycles. The fourth-order valence-electron chi connectivity index (χ4n) is 1.51. The largest absolute Gasteiger partial charge is 0.282 e. The van der Waals surface area contributed by atoms with Crippen LogP contribution in [-0.4, -0.2) is 6.41 Å². The Morgan fingerprint density at radius 1 is 0.941 bits per heavy atom. The minimum Gasteiger partial charge on any atom is -0.282 e. The van der Waals surface area contributed by atoms with E-state index < -0.39 is 0 Å². The van der Waals surface area contributed by atoms with E-state index in [0.717, 1.165) is 12.1 Å². The minimum atomic E-state index is 0.523. The van der Waals surface area contributed by atoms with Gasteiger partial charge < -0.3 is 0 Å². The van der Waals surface area contributed by atoms with Crippen LogP contribution in [0.4, 0.5) is 11.4 Å². The summed E-state index contributed by atoms with van der Waals surface area (Å²) in [5, 5.41) is 1.15. The lowest BCUT2D eigenvalue weighted by molar-refractivity contribution is -0.106. The van der Waals surface area contributed by atoms with Gasteiger partial charge in [-0.1, -0.05) is 35.3 Å². The van der Waals surface area contributed by atoms with Gasteiger partial charge in [0.2, 0.25) is 6.41 Å². The Labute approximate surface area is 109 Å². The van der Waals surface area contributed by atoms with Crippen LogP contribution in [0.2, 0.25) is 10.0 Å². The number of nitrogens with zero attached hydrogens (tertiary/aromatic N) is 1. The van der Waals surface area contributed by atoms with Crippen LogP contribution in [0, 0.1) is 0 Å². The van der Waals surface area contributed by atoms with Crippen molar-refractivity contribution in [2.75, 3.05) is 4.90 Å². The maximum atomic E-state index is 11.2. The third-order valence-electron chi connectivity index (χ3n) is 2.32. The molecule has 0 aliphatic rings. The molecule has 0 bridgehead atoms. The second kappa shape index (κ2) is 5.21. The third-order valence-corrected chi connectivity index (χ3v) is 2.89. The summed E-state index contributed by atoms with van der Waals surface area (Å²) in [4.78, 5) is 12.6. The molecule has 2 rings (SSSR count). The SMILES string of the molecule is O=CN(c1ccc(Cl)cc1)c1ccccc1Cl. The Hall–Kier alpha value is -1.51. The molecule has 4 heteroatoms. The van der Waals surface area contributed by atoms with Gasteiger partial charge in [0.05, 0.1) is 10.7 Å². The highest BCUT2D eigenvalue weighted by molar-refractivity contribution is 6.34. The van der Waals surface area contributed by atoms with Gasteiger partial charge in [-0.25, -0.2) is 0 Å². The molecule has 2 aromatic rings. The summed E-state index contributed by atoms with van der Waals surface area (Å²) in [6.07, 6.45) is 0.727. The first-order chi connectivity index (χ1) is 8.22. The van der Waals surface area contributed by atoms with Crippen molar-refractivity contribution in [1.82, 2.24) is 0 Å². The molecule has 0 radical (unpaired) electrons. The number of amides is 1. The molecule has 0 N–H and O–H groups in total. The lowest BCUT2D eigenvalue weighted by atomic mass is 10.2. The van der Waals surface area contributed by atoms with E-state index in [1.54, 1.807) is 36.4 Å². The van der Waals surface area contributed by atoms with Crippen LogP contribution < -0.4 is 4.90 Å². The summed E-state index contributed by atoms with van der Waals surface area (Å²) in [7, 11) is 0. The van der Waals surface area contributed by atoms with Gasteiger partial charge in [-0.05, 0) is 36.4 Å². The van der Waals surface area contributed by atoms with Crippen LogP contribution in [0.15, 0.2) is 48.5 Å². The van der Waals surface area contributed by atoms with E-state index in [9.17, 15) is 4.79 Å². The number of benzene rings is 2. The average molecular weight is 266 g/mol. The Morgan fingerprint density at radius 3 is 2.18 bits per heavy atom. The van der Waals surface area contributed by atoms with E-state index in [-0.39, 0.29) is 0 Å². The summed E-state index contributed by atoms with van der Waals surface area (Å²) in [6, 6.07) is 14.1. The lowest BCUT2D eigenvalue weighted by Crippen LogP contribution is -2.14. The lowest BCUT2D eigenvalue weighted by Gasteiger charge is -2.18. The van der Waals surface area contributed by atoms with Crippen LogP contribution in [-0.2, 0) is 4.79 Å². The van der Waals surface area contributed by atoms with Crippen molar-refractivity contribution >= 4 is 41.0 Å². The second-order valence-electron chi connectivity index (χ2n) is 3.40. The predicted molar refractivity (Wildman–Crippen MR) is 71.1 cm³/mol. The smallest absolute Gasteiger partial charge is 0.218 e. The molecule has 2 aromatic carbocycles. The Balaban J connectivity index is 2.44. The summed E-state index contributed by atoms with van der Waals surface area (Å²) < 4.78 is 0. The predicted octanol–water partition coefficient (Wildman–Crippen LogP) is 4.29. The van der Waals surface area contributed by atoms with E-state index in [1.807, 2.05) is 12.1 Å². The molecular weight excluding hydrogens is 257 g/mol. The number of para-hydroxylation sites is 1. The number of hydrogen-bond acceptors (Lipinski definition) is 1. The molecule has 0 fully saturated rings. The number of hydrogen-bond donors (Lipinski definition) is 0. The fourth-order valence-corrected chi connectivity index (χ4v) is 1.86. The summed E-state index contributed by atoms with van der Waals surface area (Å²) in [6.45, 7) is 0. The van der Waals surface area contributed by atoms with Gasteiger partial charge in [0.15, 0.2) is 0 Å². The molecule has 0 aliphatic carbocycles. The van der Waals surface area contributed by atoms with E-state index in [0.29, 0.717) is 15.7 Å². The van der Waals surface area contributed by atoms with Gasteiger partial charge >= 0.3 is 0 Å². The molecule has 0 atom stereocenters. The topological polar surface area (TPSA) is 20.3 Å². The number of anilines is 2. The highest BCUT2D eigenvalue weighted by Gasteiger charge is 2.10. The molecule has 0 unspecified atom stereocenters. The van der Waals surface area contributed by atoms with Gasteiger partial charge in [0.1, 0.15) is 0 Å². The van der Waals surface area contributed by atoms with Gasteiger partial charge in [-0.15, -0.1) is 0 Å². The Kier molecular flexibility index (Phi) is 3.67. The number of carbonyl (C=O) groups is 1. The average Bonchev–Trinajstić information content (AvgIpc) is 2.35. The van der Waals surface area contributed by atoms with Gasteiger partial charge in [-0.2, -0.15) is 0 Å². The molecule has 0 saturated heterocycles. The van der Waals surface area contributed by atoms with Crippen molar-refractivity contribution in [1.29, 1.82) is 0 Å². The minimum absolute atomic E-state index is 0.523. The van der Waals surface area contributed by atoms with Crippen molar-refractivity contribution in [3.8, 4) is 0 Å². The Bertz CT molecular complexity index is 525. The fraction of sp³-hybridized carbons (Fsp3) is 0. The number of carbonyl (C=O) groups excluding carboxylic acids is 1. The first-order valence-corrected chi connectivity index (χ1v) is 5.72. The first kappa shape index (κ1) is 12.0. The molecule has 0 aliphatic heterocycles. The van der Waals surface area contributed by atoms with Gasteiger partial charge in [0.25, 0.3) is 0 Å². The van der Waals surface area contributed by atoms with Crippen molar-refractivity contribution in [3.63, 3.8) is 0 Å². The van der Waals surface area contributed by atoms with Crippen molar-refractivity contribution in [3.05, 3.63) is 58.6 Å². The first-order valence-electron chi connectivity index (χ1n) is 4.97. The highest BCUT2D eigenvalue weighted by Crippen LogP contribution is 2.30. The van der Waals surface area contributed by atoms with Crippen LogP contribution in [0.3, 0.4) is 0 Å². The molecule has 17 heavy (non-hydrogen) atoms. The quantitative estimate of drug-likeness (QED) is 0.759. The summed E-state index contributed by atoms with van der Waals surface area (Å²) >= 11 is 11.9. The van der Waals surface area contributed by atoms with Crippen molar-refractivity contribution in [2.45, 2.75) is 0 Å². The Morgan fingerprint density at radius 2 is 1.59 bits per heavy atom. The van der Waals surface area contributed by atoms with E-state index >= 15 is 0 Å². The maximum Gasteiger partial charge on any atom is 0.218 e. The van der Waals surface area contributed by atoms with Crippen molar-refractivity contribution in [2.24, 2.45) is 0 Å². The molecule has 86 valence electrons. The zero-order valence-corrected chi connectivity index (χ0v) is 10.3. The second-order valence-corrected chi connectivity index (χ2v) is 4.25. The zero-order valence-electron chi connectivity index (χ0n) is 8.81. The standard InChI is InChI=1S/C13H9Cl2NO/c14-10-5-7-11(8-6-10)16(9-17)13-4-2-1-3-12(13)15/h1-9H. The van der Waals surface area contributed by atoms with E-state index in [1.165, 1.54) is 4.90 Å². The molecule has 0 spiro atoms. The molecule has 1 amide bonds. The van der Waals surface area contributed by atoms with Crippen molar-refractivity contribution < 1.29 is 4.79 Å². The van der Waals surface area contributed by atoms with Crippen LogP contribution >= 0.6 is 23.2 Å². The van der Waals surface area contributed by atoms with Gasteiger partial charge in [0, 0.05) is 10.7 Å². The third kappa shape index (κ3) is 2.60. The summed E-state index contributed by atoms with van der Waals surface area (Å²) in [5.41, 5.74) is 1.36. The van der Waals surface area contributed by atoms with E-state index in [4.69, 9.17) is 23.2 Å². The molecular formula is C13H9Cl2NO. The number of rotatable bonds is 3. The molecule has 2 nitrogen and oxygen atoms in total. The highest BCUT2D eigenvalue weighted by atomic mass is 35.5. The van der Waals surface area contributed by atoms with Crippen LogP contribution in [0.5, 0.6) is 0 Å². The molecule has 0 heterocycles. The monoisotopic (exact) mass is 265 g/mol. The summed E-state index contributed by atoms with van der Waals surface area (Å²) in [5.74, 6) is 0. The van der Waals surface area contributed by atoms with Crippen LogP contribution in [0.25, 0.3) is 0 Å². The van der Waals surface area contributed by atoms with E-state index in [2.05, 4.69) is 0 Å². The normalized spacial score (nSPS) is 10.0. The van der Waals surface area contributed by atoms with Crippen LogP contribution in [0.1, 0.15) is 0 Å². The van der Waals surface area contributed by atoms with Gasteiger partial charge in [-0.3, -0.25) is 9.69 Å².